The maximum atomic E-state index is 12.0. The molecule has 0 aliphatic rings. The molecule has 3 rings (SSSR count). The Morgan fingerprint density at radius 1 is 1.52 bits per heavy atom. The number of amides is 1. The molecule has 0 atom stereocenters. The summed E-state index contributed by atoms with van der Waals surface area (Å²) < 4.78 is 7.25. The fourth-order valence-electron chi connectivity index (χ4n) is 1.94. The zero-order chi connectivity index (χ0) is 14.8. The van der Waals surface area contributed by atoms with Crippen molar-refractivity contribution in [3.63, 3.8) is 0 Å². The average Bonchev–Trinajstić information content (AvgIpc) is 3.13. The number of nitrogens with zero attached hydrogens (tertiary/aromatic N) is 3. The van der Waals surface area contributed by atoms with Crippen molar-refractivity contribution in [2.75, 3.05) is 5.32 Å². The highest BCUT2D eigenvalue weighted by atomic mass is 32.1. The maximum Gasteiger partial charge on any atom is 0.236 e. The normalized spacial score (nSPS) is 10.8. The smallest absolute Gasteiger partial charge is 0.236 e. The molecular formula is C14H14N4O2S. The van der Waals surface area contributed by atoms with E-state index in [1.807, 2.05) is 24.4 Å². The molecule has 1 amide bonds. The van der Waals surface area contributed by atoms with Crippen molar-refractivity contribution in [1.82, 2.24) is 14.8 Å². The van der Waals surface area contributed by atoms with Crippen molar-refractivity contribution in [1.29, 1.82) is 0 Å². The topological polar surface area (TPSA) is 73.0 Å². The number of hydrogen-bond acceptors (Lipinski definition) is 5. The predicted octanol–water partition coefficient (Wildman–Crippen LogP) is 2.63. The molecule has 3 aromatic heterocycles. The summed E-state index contributed by atoms with van der Waals surface area (Å²) in [5, 5.41) is 8.74. The summed E-state index contributed by atoms with van der Waals surface area (Å²) in [6.45, 7) is 1.82. The summed E-state index contributed by atoms with van der Waals surface area (Å²) in [5.41, 5.74) is 1.32. The minimum atomic E-state index is -0.142. The average molecular weight is 302 g/mol. The lowest BCUT2D eigenvalue weighted by atomic mass is 10.2. The number of thiophene rings is 1. The third-order valence-electron chi connectivity index (χ3n) is 2.94. The Balaban J connectivity index is 1.71. The summed E-state index contributed by atoms with van der Waals surface area (Å²) in [7, 11) is 1.80. The van der Waals surface area contributed by atoms with Gasteiger partial charge in [-0.3, -0.25) is 9.48 Å². The molecule has 6 nitrogen and oxygen atoms in total. The highest BCUT2D eigenvalue weighted by Gasteiger charge is 2.15. The molecule has 3 heterocycles. The fourth-order valence-corrected chi connectivity index (χ4v) is 2.59. The van der Waals surface area contributed by atoms with Crippen LogP contribution in [0.2, 0.25) is 0 Å². The zero-order valence-corrected chi connectivity index (χ0v) is 12.5. The summed E-state index contributed by atoms with van der Waals surface area (Å²) in [6.07, 6.45) is 3.52. The van der Waals surface area contributed by atoms with E-state index in [9.17, 15) is 4.79 Å². The number of oxazole rings is 1. The lowest BCUT2D eigenvalue weighted by molar-refractivity contribution is -0.115. The summed E-state index contributed by atoms with van der Waals surface area (Å²) in [6, 6.07) is 3.88. The Morgan fingerprint density at radius 2 is 2.38 bits per heavy atom. The molecule has 0 aliphatic carbocycles. The molecule has 0 aromatic carbocycles. The van der Waals surface area contributed by atoms with Gasteiger partial charge in [-0.05, 0) is 18.4 Å². The van der Waals surface area contributed by atoms with E-state index >= 15 is 0 Å². The van der Waals surface area contributed by atoms with E-state index in [1.54, 1.807) is 35.5 Å². The van der Waals surface area contributed by atoms with Crippen LogP contribution < -0.4 is 5.32 Å². The predicted molar refractivity (Wildman–Crippen MR) is 80.1 cm³/mol. The monoisotopic (exact) mass is 302 g/mol. The van der Waals surface area contributed by atoms with E-state index in [0.717, 1.165) is 4.88 Å². The van der Waals surface area contributed by atoms with Gasteiger partial charge in [-0.1, -0.05) is 6.07 Å². The van der Waals surface area contributed by atoms with Crippen LogP contribution in [0.25, 0.3) is 10.8 Å². The molecule has 0 aliphatic heterocycles. The van der Waals surface area contributed by atoms with Crippen molar-refractivity contribution in [2.24, 2.45) is 7.05 Å². The van der Waals surface area contributed by atoms with E-state index < -0.39 is 0 Å². The van der Waals surface area contributed by atoms with Gasteiger partial charge in [0, 0.05) is 13.2 Å². The molecule has 0 unspecified atom stereocenters. The second kappa shape index (κ2) is 5.53. The Labute approximate surface area is 125 Å². The molecule has 0 bridgehead atoms. The number of anilines is 1. The summed E-state index contributed by atoms with van der Waals surface area (Å²) >= 11 is 1.55. The summed E-state index contributed by atoms with van der Waals surface area (Å²) in [4.78, 5) is 17.4. The van der Waals surface area contributed by atoms with Crippen LogP contribution in [0.1, 0.15) is 11.5 Å². The van der Waals surface area contributed by atoms with Gasteiger partial charge in [0.25, 0.3) is 0 Å². The standard InChI is InChI=1S/C14H14N4O2S/c1-9-11(17-14(20-9)12-4-3-5-21-12)6-13(19)16-10-7-15-18(2)8-10/h3-5,7-8H,6H2,1-2H3,(H,16,19). The Hall–Kier alpha value is -2.41. The molecule has 0 saturated heterocycles. The molecule has 108 valence electrons. The van der Waals surface area contributed by atoms with E-state index in [-0.39, 0.29) is 12.3 Å². The first-order valence-electron chi connectivity index (χ1n) is 6.40. The van der Waals surface area contributed by atoms with Crippen LogP contribution in [0, 0.1) is 6.92 Å². The summed E-state index contributed by atoms with van der Waals surface area (Å²) in [5.74, 6) is 1.09. The van der Waals surface area contributed by atoms with Gasteiger partial charge in [0.05, 0.1) is 28.9 Å². The highest BCUT2D eigenvalue weighted by molar-refractivity contribution is 7.13. The number of hydrogen-bond donors (Lipinski definition) is 1. The number of carbonyl (C=O) groups excluding carboxylic acids is 1. The van der Waals surface area contributed by atoms with Gasteiger partial charge in [0.15, 0.2) is 0 Å². The quantitative estimate of drug-likeness (QED) is 0.804. The maximum absolute atomic E-state index is 12.0. The van der Waals surface area contributed by atoms with Crippen LogP contribution in [-0.4, -0.2) is 20.7 Å². The Bertz CT molecular complexity index is 758. The number of nitrogens with one attached hydrogen (secondary N) is 1. The second-order valence-corrected chi connectivity index (χ2v) is 5.57. The third kappa shape index (κ3) is 3.03. The SMILES string of the molecule is Cc1oc(-c2cccs2)nc1CC(=O)Nc1cnn(C)c1. The first kappa shape index (κ1) is 13.6. The van der Waals surface area contributed by atoms with Crippen LogP contribution in [0.4, 0.5) is 5.69 Å². The second-order valence-electron chi connectivity index (χ2n) is 4.63. The first-order chi connectivity index (χ1) is 10.1. The lowest BCUT2D eigenvalue weighted by Crippen LogP contribution is -2.14. The highest BCUT2D eigenvalue weighted by Crippen LogP contribution is 2.26. The molecule has 7 heteroatoms. The molecular weight excluding hydrogens is 288 g/mol. The van der Waals surface area contributed by atoms with Crippen molar-refractivity contribution in [3.05, 3.63) is 41.4 Å². The van der Waals surface area contributed by atoms with E-state index in [2.05, 4.69) is 15.4 Å². The van der Waals surface area contributed by atoms with Crippen LogP contribution in [-0.2, 0) is 18.3 Å². The van der Waals surface area contributed by atoms with Crippen molar-refractivity contribution in [2.45, 2.75) is 13.3 Å². The van der Waals surface area contributed by atoms with Crippen molar-refractivity contribution < 1.29 is 9.21 Å². The van der Waals surface area contributed by atoms with Gasteiger partial charge >= 0.3 is 0 Å². The first-order valence-corrected chi connectivity index (χ1v) is 7.28. The number of rotatable bonds is 4. The van der Waals surface area contributed by atoms with E-state index in [0.29, 0.717) is 23.0 Å². The Kier molecular flexibility index (Phi) is 3.57. The molecule has 0 spiro atoms. The van der Waals surface area contributed by atoms with Gasteiger partial charge in [0.1, 0.15) is 5.76 Å². The van der Waals surface area contributed by atoms with Gasteiger partial charge in [-0.25, -0.2) is 4.98 Å². The van der Waals surface area contributed by atoms with Gasteiger partial charge in [-0.15, -0.1) is 11.3 Å². The van der Waals surface area contributed by atoms with Crippen LogP contribution in [0.15, 0.2) is 34.3 Å². The van der Waals surface area contributed by atoms with Crippen LogP contribution in [0.5, 0.6) is 0 Å². The lowest BCUT2D eigenvalue weighted by Gasteiger charge is -2.00. The molecule has 3 aromatic rings. The largest absolute Gasteiger partial charge is 0.440 e. The van der Waals surface area contributed by atoms with E-state index in [4.69, 9.17) is 4.42 Å². The minimum absolute atomic E-state index is 0.142. The molecule has 0 fully saturated rings. The fraction of sp³-hybridized carbons (Fsp3) is 0.214. The number of carbonyl (C=O) groups is 1. The van der Waals surface area contributed by atoms with Gasteiger partial charge in [0.2, 0.25) is 11.8 Å². The molecule has 0 saturated carbocycles. The van der Waals surface area contributed by atoms with Crippen molar-refractivity contribution >= 4 is 22.9 Å². The number of aryl methyl sites for hydroxylation is 2. The molecule has 0 radical (unpaired) electrons. The van der Waals surface area contributed by atoms with Crippen LogP contribution in [0.3, 0.4) is 0 Å². The number of aromatic nitrogens is 3. The van der Waals surface area contributed by atoms with Crippen LogP contribution >= 0.6 is 11.3 Å². The molecule has 1 N–H and O–H groups in total. The van der Waals surface area contributed by atoms with Gasteiger partial charge < -0.3 is 9.73 Å². The zero-order valence-electron chi connectivity index (χ0n) is 11.7. The third-order valence-corrected chi connectivity index (χ3v) is 3.80. The molecule has 21 heavy (non-hydrogen) atoms. The minimum Gasteiger partial charge on any atom is -0.440 e. The Morgan fingerprint density at radius 3 is 3.05 bits per heavy atom. The van der Waals surface area contributed by atoms with Gasteiger partial charge in [-0.2, -0.15) is 5.10 Å². The van der Waals surface area contributed by atoms with E-state index in [1.165, 1.54) is 0 Å². The van der Waals surface area contributed by atoms with Crippen molar-refractivity contribution in [3.8, 4) is 10.8 Å².